The molecule has 0 amide bonds. The molecule has 0 rings (SSSR count). The molecule has 4 nitrogen and oxygen atoms in total. The summed E-state index contributed by atoms with van der Waals surface area (Å²) in [5.74, 6) is 0.248. The number of nitrogens with two attached hydrogens (primary N) is 1. The standard InChI is InChI=1S/C9H17N3O/c1-3-6-12(7-4-2)8-5-9(10)11-13/h3-4,13H,1-2,5-8H2,(H2,10,11). The van der Waals surface area contributed by atoms with Crippen LogP contribution in [0.3, 0.4) is 0 Å². The van der Waals surface area contributed by atoms with E-state index in [1.807, 2.05) is 12.2 Å². The molecule has 0 unspecified atom stereocenters. The number of nitrogens with zero attached hydrogens (tertiary/aromatic N) is 2. The molecule has 0 aromatic heterocycles. The molecule has 0 aliphatic heterocycles. The zero-order valence-corrected chi connectivity index (χ0v) is 7.82. The van der Waals surface area contributed by atoms with Crippen LogP contribution in [0.5, 0.6) is 0 Å². The fourth-order valence-electron chi connectivity index (χ4n) is 0.945. The molecule has 0 heterocycles. The second-order valence-corrected chi connectivity index (χ2v) is 2.68. The van der Waals surface area contributed by atoms with Gasteiger partial charge in [0.15, 0.2) is 0 Å². The lowest BCUT2D eigenvalue weighted by Gasteiger charge is -2.17. The monoisotopic (exact) mass is 183 g/mol. The second-order valence-electron chi connectivity index (χ2n) is 2.68. The molecule has 74 valence electrons. The van der Waals surface area contributed by atoms with Crippen LogP contribution in [0.25, 0.3) is 0 Å². The van der Waals surface area contributed by atoms with Crippen LogP contribution >= 0.6 is 0 Å². The molecule has 0 aliphatic rings. The second kappa shape index (κ2) is 7.36. The van der Waals surface area contributed by atoms with Gasteiger partial charge in [0.05, 0.1) is 0 Å². The Bertz CT molecular complexity index is 179. The lowest BCUT2D eigenvalue weighted by atomic mass is 10.3. The summed E-state index contributed by atoms with van der Waals surface area (Å²) >= 11 is 0. The van der Waals surface area contributed by atoms with E-state index < -0.39 is 0 Å². The summed E-state index contributed by atoms with van der Waals surface area (Å²) < 4.78 is 0. The summed E-state index contributed by atoms with van der Waals surface area (Å²) in [4.78, 5) is 2.10. The van der Waals surface area contributed by atoms with Crippen molar-refractivity contribution >= 4 is 5.84 Å². The van der Waals surface area contributed by atoms with Crippen LogP contribution in [0.2, 0.25) is 0 Å². The lowest BCUT2D eigenvalue weighted by molar-refractivity contribution is 0.311. The fourth-order valence-corrected chi connectivity index (χ4v) is 0.945. The molecule has 0 aromatic carbocycles. The topological polar surface area (TPSA) is 61.8 Å². The van der Waals surface area contributed by atoms with Crippen LogP contribution in [0, 0.1) is 0 Å². The van der Waals surface area contributed by atoms with Crippen LogP contribution in [0.4, 0.5) is 0 Å². The van der Waals surface area contributed by atoms with E-state index in [1.165, 1.54) is 0 Å². The van der Waals surface area contributed by atoms with Crippen molar-refractivity contribution in [3.63, 3.8) is 0 Å². The first-order chi connectivity index (χ1) is 6.24. The quantitative estimate of drug-likeness (QED) is 0.202. The highest BCUT2D eigenvalue weighted by atomic mass is 16.4. The minimum Gasteiger partial charge on any atom is -0.409 e. The Kier molecular flexibility index (Phi) is 6.63. The van der Waals surface area contributed by atoms with Crippen molar-refractivity contribution in [2.45, 2.75) is 6.42 Å². The van der Waals surface area contributed by atoms with E-state index in [-0.39, 0.29) is 5.84 Å². The number of rotatable bonds is 7. The molecule has 0 saturated heterocycles. The van der Waals surface area contributed by atoms with Crippen LogP contribution in [-0.2, 0) is 0 Å². The van der Waals surface area contributed by atoms with E-state index in [9.17, 15) is 0 Å². The van der Waals surface area contributed by atoms with E-state index in [4.69, 9.17) is 10.9 Å². The minimum atomic E-state index is 0.248. The van der Waals surface area contributed by atoms with Gasteiger partial charge in [-0.3, -0.25) is 4.90 Å². The first-order valence-corrected chi connectivity index (χ1v) is 4.15. The molecule has 0 spiro atoms. The van der Waals surface area contributed by atoms with Gasteiger partial charge in [0.1, 0.15) is 5.84 Å². The van der Waals surface area contributed by atoms with E-state index in [0.29, 0.717) is 6.42 Å². The zero-order chi connectivity index (χ0) is 10.1. The average molecular weight is 183 g/mol. The Balaban J connectivity index is 3.80. The molecule has 0 radical (unpaired) electrons. The van der Waals surface area contributed by atoms with Crippen molar-refractivity contribution in [2.24, 2.45) is 10.9 Å². The molecule has 4 heteroatoms. The van der Waals surface area contributed by atoms with E-state index in [2.05, 4.69) is 23.2 Å². The number of amidine groups is 1. The van der Waals surface area contributed by atoms with Crippen LogP contribution in [-0.4, -0.2) is 35.6 Å². The normalized spacial score (nSPS) is 11.6. The average Bonchev–Trinajstić information content (AvgIpc) is 2.14. The first kappa shape index (κ1) is 11.7. The largest absolute Gasteiger partial charge is 0.409 e. The van der Waals surface area contributed by atoms with Gasteiger partial charge in [0.2, 0.25) is 0 Å². The molecule has 13 heavy (non-hydrogen) atoms. The van der Waals surface area contributed by atoms with Gasteiger partial charge in [-0.05, 0) is 0 Å². The molecule has 3 N–H and O–H groups in total. The molecule has 0 aromatic rings. The maximum Gasteiger partial charge on any atom is 0.140 e. The Morgan fingerprint density at radius 3 is 2.31 bits per heavy atom. The minimum absolute atomic E-state index is 0.248. The Morgan fingerprint density at radius 2 is 1.92 bits per heavy atom. The predicted octanol–water partition coefficient (Wildman–Crippen LogP) is 0.797. The number of hydrogen-bond donors (Lipinski definition) is 2. The molecule has 0 bridgehead atoms. The maximum absolute atomic E-state index is 8.31. The van der Waals surface area contributed by atoms with Crippen molar-refractivity contribution in [2.75, 3.05) is 19.6 Å². The van der Waals surface area contributed by atoms with Gasteiger partial charge in [-0.25, -0.2) is 0 Å². The molecular weight excluding hydrogens is 166 g/mol. The lowest BCUT2D eigenvalue weighted by Crippen LogP contribution is -2.28. The fraction of sp³-hybridized carbons (Fsp3) is 0.444. The summed E-state index contributed by atoms with van der Waals surface area (Å²) in [6.45, 7) is 9.60. The van der Waals surface area contributed by atoms with Crippen LogP contribution in [0.15, 0.2) is 30.5 Å². The summed E-state index contributed by atoms with van der Waals surface area (Å²) in [6.07, 6.45) is 4.18. The predicted molar refractivity (Wildman–Crippen MR) is 54.9 cm³/mol. The summed E-state index contributed by atoms with van der Waals surface area (Å²) in [5.41, 5.74) is 5.34. The van der Waals surface area contributed by atoms with Gasteiger partial charge >= 0.3 is 0 Å². The van der Waals surface area contributed by atoms with Crippen molar-refractivity contribution in [3.05, 3.63) is 25.3 Å². The van der Waals surface area contributed by atoms with Gasteiger partial charge in [0.25, 0.3) is 0 Å². The van der Waals surface area contributed by atoms with Gasteiger partial charge in [0, 0.05) is 26.1 Å². The van der Waals surface area contributed by atoms with Crippen molar-refractivity contribution < 1.29 is 5.21 Å². The third kappa shape index (κ3) is 5.93. The highest BCUT2D eigenvalue weighted by Gasteiger charge is 2.01. The summed E-state index contributed by atoms with van der Waals surface area (Å²) in [5, 5.41) is 11.2. The van der Waals surface area contributed by atoms with E-state index in [0.717, 1.165) is 19.6 Å². The van der Waals surface area contributed by atoms with Crippen molar-refractivity contribution in [1.29, 1.82) is 0 Å². The molecule has 0 fully saturated rings. The first-order valence-electron chi connectivity index (χ1n) is 4.15. The number of oxime groups is 1. The number of hydrogen-bond acceptors (Lipinski definition) is 3. The Hall–Kier alpha value is -1.29. The third-order valence-electron chi connectivity index (χ3n) is 1.59. The van der Waals surface area contributed by atoms with E-state index >= 15 is 0 Å². The van der Waals surface area contributed by atoms with Crippen molar-refractivity contribution in [3.8, 4) is 0 Å². The van der Waals surface area contributed by atoms with Gasteiger partial charge in [-0.2, -0.15) is 0 Å². The molecule has 0 atom stereocenters. The van der Waals surface area contributed by atoms with Gasteiger partial charge in [-0.1, -0.05) is 17.3 Å². The summed E-state index contributed by atoms with van der Waals surface area (Å²) in [7, 11) is 0. The highest BCUT2D eigenvalue weighted by Crippen LogP contribution is 1.92. The van der Waals surface area contributed by atoms with Gasteiger partial charge < -0.3 is 10.9 Å². The highest BCUT2D eigenvalue weighted by molar-refractivity contribution is 5.79. The van der Waals surface area contributed by atoms with Crippen molar-refractivity contribution in [1.82, 2.24) is 4.90 Å². The van der Waals surface area contributed by atoms with Crippen LogP contribution in [0.1, 0.15) is 6.42 Å². The smallest absolute Gasteiger partial charge is 0.140 e. The van der Waals surface area contributed by atoms with Crippen LogP contribution < -0.4 is 5.73 Å². The maximum atomic E-state index is 8.31. The zero-order valence-electron chi connectivity index (χ0n) is 7.82. The Morgan fingerprint density at radius 1 is 1.38 bits per heavy atom. The SMILES string of the molecule is C=CCN(CC=C)CC/C(N)=N/O. The molecular formula is C9H17N3O. The molecule has 0 aliphatic carbocycles. The summed E-state index contributed by atoms with van der Waals surface area (Å²) in [6, 6.07) is 0. The Labute approximate surface area is 79.0 Å². The van der Waals surface area contributed by atoms with E-state index in [1.54, 1.807) is 0 Å². The van der Waals surface area contributed by atoms with Gasteiger partial charge in [-0.15, -0.1) is 13.2 Å². The molecule has 0 saturated carbocycles. The third-order valence-corrected chi connectivity index (χ3v) is 1.59.